The number of hydrogen-bond acceptors (Lipinski definition) is 5. The van der Waals surface area contributed by atoms with E-state index in [4.69, 9.17) is 16.9 Å². The lowest BCUT2D eigenvalue weighted by Crippen LogP contribution is -2.22. The third-order valence-electron chi connectivity index (χ3n) is 2.16. The first-order chi connectivity index (χ1) is 8.58. The fourth-order valence-electron chi connectivity index (χ4n) is 1.38. The van der Waals surface area contributed by atoms with Crippen LogP contribution in [0.4, 0.5) is 5.13 Å². The second-order valence-corrected chi connectivity index (χ2v) is 4.42. The van der Waals surface area contributed by atoms with E-state index in [2.05, 4.69) is 15.0 Å². The van der Waals surface area contributed by atoms with Crippen molar-refractivity contribution in [1.29, 1.82) is 5.41 Å². The fourth-order valence-corrected chi connectivity index (χ4v) is 2.06. The number of hydrogen-bond donors (Lipinski definition) is 3. The van der Waals surface area contributed by atoms with E-state index in [1.807, 2.05) is 12.3 Å². The first kappa shape index (κ1) is 12.2. The predicted molar refractivity (Wildman–Crippen MR) is 72.5 cm³/mol. The van der Waals surface area contributed by atoms with Crippen LogP contribution in [-0.2, 0) is 0 Å². The fraction of sp³-hybridized carbons (Fsp3) is 0.0909. The second kappa shape index (κ2) is 4.92. The summed E-state index contributed by atoms with van der Waals surface area (Å²) in [6, 6.07) is 3.44. The van der Waals surface area contributed by atoms with Gasteiger partial charge in [0.2, 0.25) is 5.13 Å². The number of nitrogens with two attached hydrogens (primary N) is 2. The molecule has 0 atom stereocenters. The normalized spacial score (nSPS) is 11.5. The van der Waals surface area contributed by atoms with E-state index in [0.717, 1.165) is 5.69 Å². The van der Waals surface area contributed by atoms with Gasteiger partial charge in [0.25, 0.3) is 0 Å². The molecule has 6 nitrogen and oxygen atoms in total. The highest BCUT2D eigenvalue weighted by Gasteiger charge is 2.10. The third-order valence-corrected chi connectivity index (χ3v) is 3.01. The highest BCUT2D eigenvalue weighted by Crippen LogP contribution is 2.19. The monoisotopic (exact) mass is 260 g/mol. The number of aryl methyl sites for hydroxylation is 1. The molecule has 0 unspecified atom stereocenters. The zero-order chi connectivity index (χ0) is 13.1. The average Bonchev–Trinajstić information content (AvgIpc) is 2.74. The van der Waals surface area contributed by atoms with Crippen molar-refractivity contribution in [3.05, 3.63) is 40.7 Å². The van der Waals surface area contributed by atoms with E-state index in [1.54, 1.807) is 18.3 Å². The van der Waals surface area contributed by atoms with Gasteiger partial charge in [0.15, 0.2) is 0 Å². The second-order valence-electron chi connectivity index (χ2n) is 3.58. The van der Waals surface area contributed by atoms with Crippen LogP contribution in [0.15, 0.2) is 28.7 Å². The molecule has 0 aliphatic heterocycles. The summed E-state index contributed by atoms with van der Waals surface area (Å²) in [5.41, 5.74) is 13.1. The van der Waals surface area contributed by atoms with E-state index >= 15 is 0 Å². The minimum absolute atomic E-state index is 0.140. The molecule has 0 aromatic carbocycles. The Kier molecular flexibility index (Phi) is 3.33. The molecule has 0 amide bonds. The van der Waals surface area contributed by atoms with Crippen LogP contribution in [0, 0.1) is 12.3 Å². The average molecular weight is 260 g/mol. The van der Waals surface area contributed by atoms with Crippen LogP contribution >= 0.6 is 11.3 Å². The molecule has 0 aliphatic rings. The maximum absolute atomic E-state index is 7.45. The van der Waals surface area contributed by atoms with Gasteiger partial charge in [-0.2, -0.15) is 0 Å². The number of nitrogens with one attached hydrogen (secondary N) is 1. The van der Waals surface area contributed by atoms with Crippen LogP contribution in [0.5, 0.6) is 0 Å². The van der Waals surface area contributed by atoms with Crippen molar-refractivity contribution in [3.63, 3.8) is 0 Å². The van der Waals surface area contributed by atoms with E-state index in [9.17, 15) is 0 Å². The molecule has 7 heteroatoms. The Hall–Kier alpha value is -2.28. The predicted octanol–water partition coefficient (Wildman–Crippen LogP) is 1.17. The Morgan fingerprint density at radius 1 is 1.44 bits per heavy atom. The molecular weight excluding hydrogens is 248 g/mol. The molecule has 0 aliphatic carbocycles. The van der Waals surface area contributed by atoms with E-state index in [1.165, 1.54) is 11.3 Å². The molecule has 0 radical (unpaired) electrons. The van der Waals surface area contributed by atoms with Gasteiger partial charge >= 0.3 is 0 Å². The molecule has 2 heterocycles. The van der Waals surface area contributed by atoms with Crippen LogP contribution in [0.2, 0.25) is 0 Å². The molecular formula is C11H12N6S. The number of aliphatic imine (C=N–C) groups is 1. The molecule has 18 heavy (non-hydrogen) atoms. The van der Waals surface area contributed by atoms with Crippen molar-refractivity contribution in [3.8, 4) is 0 Å². The zero-order valence-electron chi connectivity index (χ0n) is 9.71. The lowest BCUT2D eigenvalue weighted by Gasteiger charge is -2.05. The van der Waals surface area contributed by atoms with Crippen LogP contribution in [0.25, 0.3) is 0 Å². The Morgan fingerprint density at radius 2 is 2.22 bits per heavy atom. The van der Waals surface area contributed by atoms with Gasteiger partial charge in [-0.15, -0.1) is 11.3 Å². The van der Waals surface area contributed by atoms with E-state index < -0.39 is 0 Å². The number of pyridine rings is 1. The first-order valence-electron chi connectivity index (χ1n) is 5.14. The molecule has 5 N–H and O–H groups in total. The van der Waals surface area contributed by atoms with Crippen molar-refractivity contribution in [2.75, 3.05) is 0 Å². The smallest absolute Gasteiger partial charge is 0.211 e. The quantitative estimate of drug-likeness (QED) is 0.567. The van der Waals surface area contributed by atoms with Crippen LogP contribution in [0.1, 0.15) is 17.0 Å². The topological polar surface area (TPSA) is 114 Å². The van der Waals surface area contributed by atoms with Gasteiger partial charge in [-0.1, -0.05) is 0 Å². The highest BCUT2D eigenvalue weighted by atomic mass is 32.1. The lowest BCUT2D eigenvalue weighted by molar-refractivity contribution is 1.22. The maximum Gasteiger partial charge on any atom is 0.211 e. The summed E-state index contributed by atoms with van der Waals surface area (Å²) in [4.78, 5) is 12.4. The molecule has 0 saturated carbocycles. The number of amidine groups is 2. The maximum atomic E-state index is 7.45. The molecule has 0 spiro atoms. The summed E-state index contributed by atoms with van der Waals surface area (Å²) in [6.07, 6.45) is 1.56. The number of rotatable bonds is 3. The molecule has 0 bridgehead atoms. The van der Waals surface area contributed by atoms with Crippen LogP contribution in [-0.4, -0.2) is 21.6 Å². The standard InChI is InChI=1S/C11H12N6S/c1-6-5-18-11(16-6)17-10(14)7-3-2-4-15-8(7)9(12)13/h2-5H,1H3,(H3,12,13)(H2,14,16,17). The molecule has 2 aromatic heterocycles. The van der Waals surface area contributed by atoms with Gasteiger partial charge in [0, 0.05) is 17.1 Å². The van der Waals surface area contributed by atoms with E-state index in [0.29, 0.717) is 16.4 Å². The van der Waals surface area contributed by atoms with Crippen LogP contribution < -0.4 is 11.5 Å². The summed E-state index contributed by atoms with van der Waals surface area (Å²) in [5.74, 6) is 0.113. The van der Waals surface area contributed by atoms with Crippen molar-refractivity contribution in [1.82, 2.24) is 9.97 Å². The largest absolute Gasteiger partial charge is 0.383 e. The highest BCUT2D eigenvalue weighted by molar-refractivity contribution is 7.13. The molecule has 2 rings (SSSR count). The number of nitrogens with zero attached hydrogens (tertiary/aromatic N) is 3. The van der Waals surface area contributed by atoms with E-state index in [-0.39, 0.29) is 11.7 Å². The minimum atomic E-state index is -0.140. The lowest BCUT2D eigenvalue weighted by atomic mass is 10.1. The van der Waals surface area contributed by atoms with Gasteiger partial charge in [-0.3, -0.25) is 10.4 Å². The van der Waals surface area contributed by atoms with Gasteiger partial charge in [-0.05, 0) is 19.1 Å². The summed E-state index contributed by atoms with van der Waals surface area (Å²) in [5, 5.41) is 9.91. The summed E-state index contributed by atoms with van der Waals surface area (Å²) < 4.78 is 0. The Bertz CT molecular complexity index is 616. The molecule has 0 fully saturated rings. The summed E-state index contributed by atoms with van der Waals surface area (Å²) >= 11 is 1.40. The number of nitrogen functional groups attached to an aromatic ring is 1. The van der Waals surface area contributed by atoms with Crippen molar-refractivity contribution < 1.29 is 0 Å². The van der Waals surface area contributed by atoms with Gasteiger partial charge in [0.1, 0.15) is 17.4 Å². The van der Waals surface area contributed by atoms with Crippen molar-refractivity contribution >= 4 is 28.1 Å². The molecule has 2 aromatic rings. The molecule has 92 valence electrons. The Balaban J connectivity index is 2.42. The number of aromatic nitrogens is 2. The molecule has 0 saturated heterocycles. The van der Waals surface area contributed by atoms with Crippen molar-refractivity contribution in [2.24, 2.45) is 16.5 Å². The SMILES string of the molecule is Cc1csc(/N=C(\N)c2cccnc2C(=N)N)n1. The van der Waals surface area contributed by atoms with Crippen LogP contribution in [0.3, 0.4) is 0 Å². The summed E-state index contributed by atoms with van der Waals surface area (Å²) in [7, 11) is 0. The Labute approximate surface area is 108 Å². The number of thiazole rings is 1. The van der Waals surface area contributed by atoms with Gasteiger partial charge in [-0.25, -0.2) is 9.98 Å². The van der Waals surface area contributed by atoms with Gasteiger partial charge < -0.3 is 11.5 Å². The summed E-state index contributed by atoms with van der Waals surface area (Å²) in [6.45, 7) is 1.89. The minimum Gasteiger partial charge on any atom is -0.383 e. The van der Waals surface area contributed by atoms with Crippen molar-refractivity contribution in [2.45, 2.75) is 6.92 Å². The first-order valence-corrected chi connectivity index (χ1v) is 6.02. The Morgan fingerprint density at radius 3 is 2.83 bits per heavy atom. The zero-order valence-corrected chi connectivity index (χ0v) is 10.5. The van der Waals surface area contributed by atoms with Gasteiger partial charge in [0.05, 0.1) is 5.69 Å². The third kappa shape index (κ3) is 2.51.